The second-order valence-electron chi connectivity index (χ2n) is 6.85. The van der Waals surface area contributed by atoms with Crippen LogP contribution in [0.25, 0.3) is 32.9 Å². The van der Waals surface area contributed by atoms with Gasteiger partial charge in [-0.05, 0) is 77.9 Å². The molecule has 1 aliphatic carbocycles. The van der Waals surface area contributed by atoms with Crippen molar-refractivity contribution in [1.82, 2.24) is 4.98 Å². The van der Waals surface area contributed by atoms with Crippen LogP contribution in [0.3, 0.4) is 0 Å². The number of aromatic nitrogens is 1. The van der Waals surface area contributed by atoms with Gasteiger partial charge >= 0.3 is 0 Å². The first-order valence-electron chi connectivity index (χ1n) is 8.94. The van der Waals surface area contributed by atoms with Crippen LogP contribution in [0.5, 0.6) is 5.75 Å². The van der Waals surface area contributed by atoms with Crippen LogP contribution in [0, 0.1) is 0 Å². The molecule has 0 amide bonds. The normalized spacial score (nSPS) is 13.4. The summed E-state index contributed by atoms with van der Waals surface area (Å²) in [5.74, 6) is 0.296. The number of aryl methyl sites for hydroxylation is 1. The smallest absolute Gasteiger partial charge is 0.115 e. The lowest BCUT2D eigenvalue weighted by Crippen LogP contribution is -2.08. The minimum absolute atomic E-state index is 0. The van der Waals surface area contributed by atoms with E-state index in [2.05, 4.69) is 36.4 Å². The largest absolute Gasteiger partial charge is 0.508 e. The lowest BCUT2D eigenvalue weighted by Gasteiger charge is -2.22. The van der Waals surface area contributed by atoms with Crippen molar-refractivity contribution < 1.29 is 5.11 Å². The molecule has 1 aliphatic rings. The van der Waals surface area contributed by atoms with Gasteiger partial charge in [0.05, 0.1) is 11.2 Å². The summed E-state index contributed by atoms with van der Waals surface area (Å²) in [4.78, 5) is 5.06. The number of hydrogen-bond donors (Lipinski definition) is 1. The maximum atomic E-state index is 9.61. The molecule has 2 nitrogen and oxygen atoms in total. The Hall–Kier alpha value is -2.58. The van der Waals surface area contributed by atoms with Crippen molar-refractivity contribution in [1.29, 1.82) is 0 Å². The van der Waals surface area contributed by atoms with Crippen LogP contribution < -0.4 is 0 Å². The van der Waals surface area contributed by atoms with Gasteiger partial charge in [-0.1, -0.05) is 30.3 Å². The number of phenols is 1. The quantitative estimate of drug-likeness (QED) is 0.418. The first-order chi connectivity index (χ1) is 12.3. The molecule has 0 fully saturated rings. The fourth-order valence-electron chi connectivity index (χ4n) is 4.16. The topological polar surface area (TPSA) is 33.1 Å². The monoisotopic (exact) mass is 361 g/mol. The highest BCUT2D eigenvalue weighted by molar-refractivity contribution is 6.09. The van der Waals surface area contributed by atoms with E-state index in [0.29, 0.717) is 5.75 Å². The maximum Gasteiger partial charge on any atom is 0.115 e. The molecule has 130 valence electrons. The summed E-state index contributed by atoms with van der Waals surface area (Å²) in [6, 6.07) is 20.4. The molecule has 0 spiro atoms. The van der Waals surface area contributed by atoms with E-state index in [1.165, 1.54) is 40.1 Å². The number of fused-ring (bicyclic) bond motifs is 5. The summed E-state index contributed by atoms with van der Waals surface area (Å²) in [5.41, 5.74) is 6.10. The second kappa shape index (κ2) is 6.62. The molecular weight excluding hydrogens is 342 g/mol. The van der Waals surface area contributed by atoms with Crippen molar-refractivity contribution in [3.63, 3.8) is 0 Å². The molecule has 0 radical (unpaired) electrons. The van der Waals surface area contributed by atoms with Crippen LogP contribution in [0.15, 0.2) is 60.7 Å². The molecule has 3 heteroatoms. The van der Waals surface area contributed by atoms with Crippen LogP contribution in [0.2, 0.25) is 0 Å². The molecule has 5 rings (SSSR count). The zero-order valence-corrected chi connectivity index (χ0v) is 15.2. The summed E-state index contributed by atoms with van der Waals surface area (Å²) in [6.07, 6.45) is 4.66. The minimum atomic E-state index is 0. The van der Waals surface area contributed by atoms with Gasteiger partial charge in [0.1, 0.15) is 5.75 Å². The fourth-order valence-corrected chi connectivity index (χ4v) is 4.16. The van der Waals surface area contributed by atoms with E-state index in [9.17, 15) is 5.11 Å². The molecule has 0 atom stereocenters. The van der Waals surface area contributed by atoms with Crippen molar-refractivity contribution in [2.75, 3.05) is 0 Å². The van der Waals surface area contributed by atoms with Crippen molar-refractivity contribution in [3.8, 4) is 17.0 Å². The highest BCUT2D eigenvalue weighted by Crippen LogP contribution is 2.38. The number of pyridine rings is 1. The SMILES string of the molecule is Cl.Oc1ccc(-c2nc3ccc4ccccc4c3c3c2CCCC3)cc1. The summed E-state index contributed by atoms with van der Waals surface area (Å²) < 4.78 is 0. The molecular formula is C23H20ClNO. The Bertz CT molecular complexity index is 1100. The van der Waals surface area contributed by atoms with E-state index in [1.54, 1.807) is 12.1 Å². The molecule has 1 N–H and O–H groups in total. The summed E-state index contributed by atoms with van der Waals surface area (Å²) in [5, 5.41) is 13.5. The van der Waals surface area contributed by atoms with Crippen LogP contribution in [0.1, 0.15) is 24.0 Å². The third-order valence-corrected chi connectivity index (χ3v) is 5.34. The van der Waals surface area contributed by atoms with E-state index in [-0.39, 0.29) is 12.4 Å². The minimum Gasteiger partial charge on any atom is -0.508 e. The predicted octanol–water partition coefficient (Wildman–Crippen LogP) is 6.06. The zero-order chi connectivity index (χ0) is 16.8. The molecule has 0 aliphatic heterocycles. The number of nitrogens with zero attached hydrogens (tertiary/aromatic N) is 1. The van der Waals surface area contributed by atoms with Crippen molar-refractivity contribution in [3.05, 3.63) is 71.8 Å². The Morgan fingerprint density at radius 1 is 0.769 bits per heavy atom. The first kappa shape index (κ1) is 16.9. The Kier molecular flexibility index (Phi) is 4.29. The molecule has 1 heterocycles. The Labute approximate surface area is 158 Å². The summed E-state index contributed by atoms with van der Waals surface area (Å²) >= 11 is 0. The predicted molar refractivity (Wildman–Crippen MR) is 110 cm³/mol. The third kappa shape index (κ3) is 2.62. The number of halogens is 1. The lowest BCUT2D eigenvalue weighted by molar-refractivity contribution is 0.475. The van der Waals surface area contributed by atoms with Gasteiger partial charge in [-0.2, -0.15) is 0 Å². The van der Waals surface area contributed by atoms with Gasteiger partial charge in [0.25, 0.3) is 0 Å². The van der Waals surface area contributed by atoms with Crippen molar-refractivity contribution >= 4 is 34.1 Å². The molecule has 0 saturated heterocycles. The summed E-state index contributed by atoms with van der Waals surface area (Å²) in [7, 11) is 0. The Balaban J connectivity index is 0.00000168. The van der Waals surface area contributed by atoms with Gasteiger partial charge in [-0.15, -0.1) is 12.4 Å². The Morgan fingerprint density at radius 3 is 2.31 bits per heavy atom. The molecule has 0 unspecified atom stereocenters. The van der Waals surface area contributed by atoms with E-state index in [1.807, 2.05) is 12.1 Å². The molecule has 3 aromatic carbocycles. The van der Waals surface area contributed by atoms with Gasteiger partial charge in [0.15, 0.2) is 0 Å². The highest BCUT2D eigenvalue weighted by Gasteiger charge is 2.20. The standard InChI is InChI=1S/C23H19NO.ClH/c25-17-12-9-16(10-13-17)23-20-8-4-3-7-19(20)22-18-6-2-1-5-15(18)11-14-21(22)24-23;/h1-2,5-6,9-14,25H,3-4,7-8H2;1H. The zero-order valence-electron chi connectivity index (χ0n) is 14.4. The number of aromatic hydroxyl groups is 1. The van der Waals surface area contributed by atoms with Gasteiger partial charge in [0, 0.05) is 10.9 Å². The van der Waals surface area contributed by atoms with Gasteiger partial charge in [0.2, 0.25) is 0 Å². The number of rotatable bonds is 1. The third-order valence-electron chi connectivity index (χ3n) is 5.34. The van der Waals surface area contributed by atoms with Crippen molar-refractivity contribution in [2.45, 2.75) is 25.7 Å². The van der Waals surface area contributed by atoms with Gasteiger partial charge in [-0.3, -0.25) is 0 Å². The van der Waals surface area contributed by atoms with Crippen LogP contribution in [-0.2, 0) is 12.8 Å². The van der Waals surface area contributed by atoms with E-state index in [0.717, 1.165) is 29.6 Å². The van der Waals surface area contributed by atoms with Gasteiger partial charge < -0.3 is 5.11 Å². The fraction of sp³-hybridized carbons (Fsp3) is 0.174. The average molecular weight is 362 g/mol. The van der Waals surface area contributed by atoms with Crippen LogP contribution in [0.4, 0.5) is 0 Å². The van der Waals surface area contributed by atoms with Gasteiger partial charge in [-0.25, -0.2) is 4.98 Å². The number of phenolic OH excluding ortho intramolecular Hbond substituents is 1. The number of benzene rings is 3. The first-order valence-corrected chi connectivity index (χ1v) is 8.94. The molecule has 26 heavy (non-hydrogen) atoms. The van der Waals surface area contributed by atoms with Crippen LogP contribution in [-0.4, -0.2) is 10.1 Å². The lowest BCUT2D eigenvalue weighted by atomic mass is 9.85. The van der Waals surface area contributed by atoms with Crippen molar-refractivity contribution in [2.24, 2.45) is 0 Å². The average Bonchev–Trinajstić information content (AvgIpc) is 2.67. The summed E-state index contributed by atoms with van der Waals surface area (Å²) in [6.45, 7) is 0. The van der Waals surface area contributed by atoms with E-state index in [4.69, 9.17) is 4.98 Å². The van der Waals surface area contributed by atoms with E-state index >= 15 is 0 Å². The molecule has 4 aromatic rings. The molecule has 0 bridgehead atoms. The number of hydrogen-bond acceptors (Lipinski definition) is 2. The molecule has 1 aromatic heterocycles. The maximum absolute atomic E-state index is 9.61. The van der Waals surface area contributed by atoms with E-state index < -0.39 is 0 Å². The second-order valence-corrected chi connectivity index (χ2v) is 6.85. The highest BCUT2D eigenvalue weighted by atomic mass is 35.5. The molecule has 0 saturated carbocycles. The Morgan fingerprint density at radius 2 is 1.50 bits per heavy atom. The van der Waals surface area contributed by atoms with Crippen LogP contribution >= 0.6 is 12.4 Å².